The maximum absolute atomic E-state index is 7.50. The fraction of sp³-hybridized carbons (Fsp3) is 0.538. The fourth-order valence-corrected chi connectivity index (χ4v) is 10.7. The van der Waals surface area contributed by atoms with Gasteiger partial charge in [0.1, 0.15) is 0 Å². The summed E-state index contributed by atoms with van der Waals surface area (Å²) in [5.41, 5.74) is -0.0795. The minimum Gasteiger partial charge on any atom is -0.400 e. The van der Waals surface area contributed by atoms with Crippen LogP contribution in [0.5, 0.6) is 0 Å². The van der Waals surface area contributed by atoms with Gasteiger partial charge in [-0.05, 0) is 48.3 Å². The molecular formula is C26H36INO2Si. The highest BCUT2D eigenvalue weighted by molar-refractivity contribution is 14.1. The molecule has 0 aromatic heterocycles. The van der Waals surface area contributed by atoms with Gasteiger partial charge < -0.3 is 9.16 Å². The molecule has 0 bridgehead atoms. The van der Waals surface area contributed by atoms with Crippen LogP contribution < -0.4 is 10.4 Å². The van der Waals surface area contributed by atoms with E-state index < -0.39 is 8.32 Å². The van der Waals surface area contributed by atoms with E-state index in [0.29, 0.717) is 6.61 Å². The lowest BCUT2D eigenvalue weighted by Crippen LogP contribution is -2.70. The average molecular weight is 550 g/mol. The van der Waals surface area contributed by atoms with Crippen LogP contribution in [0.4, 0.5) is 0 Å². The van der Waals surface area contributed by atoms with Crippen molar-refractivity contribution in [1.82, 2.24) is 4.90 Å². The summed E-state index contributed by atoms with van der Waals surface area (Å²) in [4.78, 5) is 2.65. The van der Waals surface area contributed by atoms with Gasteiger partial charge in [0.25, 0.3) is 8.32 Å². The van der Waals surface area contributed by atoms with Crippen LogP contribution in [-0.4, -0.2) is 55.1 Å². The molecule has 2 heterocycles. The lowest BCUT2D eigenvalue weighted by molar-refractivity contribution is 0.0100. The lowest BCUT2D eigenvalue weighted by atomic mass is 9.93. The number of alkyl halides is 1. The summed E-state index contributed by atoms with van der Waals surface area (Å²) in [7, 11) is -2.59. The standard InChI is InChI=1S/C26H36INO2Si/c1-25(2,3)31(22-11-7-5-8-12-22,23-13-9-6-10-14-23)30-24-19-29-20-26(24,4)28-17-15-21(27)16-18-28/h5-14,21,24H,15-20H2,1-4H3/t24?,26-/m0/s1. The molecule has 2 fully saturated rings. The number of halogens is 1. The first-order valence-corrected chi connectivity index (χ1v) is 14.7. The van der Waals surface area contributed by atoms with Crippen molar-refractivity contribution >= 4 is 41.3 Å². The molecule has 0 spiro atoms. The Bertz CT molecular complexity index is 809. The van der Waals surface area contributed by atoms with E-state index in [1.165, 1.54) is 23.2 Å². The van der Waals surface area contributed by atoms with Crippen molar-refractivity contribution in [2.24, 2.45) is 0 Å². The van der Waals surface area contributed by atoms with Crippen molar-refractivity contribution < 1.29 is 9.16 Å². The Labute approximate surface area is 202 Å². The Morgan fingerprint density at radius 3 is 1.97 bits per heavy atom. The van der Waals surface area contributed by atoms with Gasteiger partial charge in [-0.1, -0.05) is 104 Å². The Morgan fingerprint density at radius 2 is 1.48 bits per heavy atom. The van der Waals surface area contributed by atoms with Crippen LogP contribution in [0.2, 0.25) is 5.04 Å². The number of piperidine rings is 1. The molecule has 2 aromatic rings. The zero-order valence-electron chi connectivity index (χ0n) is 19.3. The molecule has 0 aliphatic carbocycles. The van der Waals surface area contributed by atoms with E-state index in [0.717, 1.165) is 23.6 Å². The van der Waals surface area contributed by atoms with Crippen molar-refractivity contribution in [3.05, 3.63) is 60.7 Å². The van der Waals surface area contributed by atoms with Crippen LogP contribution in [0.25, 0.3) is 0 Å². The highest BCUT2D eigenvalue weighted by Crippen LogP contribution is 2.41. The molecular weight excluding hydrogens is 513 g/mol. The number of rotatable bonds is 5. The van der Waals surface area contributed by atoms with Gasteiger partial charge in [0.15, 0.2) is 0 Å². The van der Waals surface area contributed by atoms with Crippen LogP contribution in [0.15, 0.2) is 60.7 Å². The van der Waals surface area contributed by atoms with Crippen molar-refractivity contribution in [1.29, 1.82) is 0 Å². The second-order valence-electron chi connectivity index (χ2n) is 10.3. The lowest BCUT2D eigenvalue weighted by Gasteiger charge is -2.50. The molecule has 0 radical (unpaired) electrons. The predicted octanol–water partition coefficient (Wildman–Crippen LogP) is 4.62. The van der Waals surface area contributed by atoms with Crippen molar-refractivity contribution in [2.75, 3.05) is 26.3 Å². The van der Waals surface area contributed by atoms with Gasteiger partial charge in [0, 0.05) is 3.92 Å². The quantitative estimate of drug-likeness (QED) is 0.309. The zero-order valence-corrected chi connectivity index (χ0v) is 22.5. The van der Waals surface area contributed by atoms with Gasteiger partial charge in [0.2, 0.25) is 0 Å². The monoisotopic (exact) mass is 549 g/mol. The highest BCUT2D eigenvalue weighted by atomic mass is 127. The number of nitrogens with zero attached hydrogens (tertiary/aromatic N) is 1. The van der Waals surface area contributed by atoms with Gasteiger partial charge in [-0.3, -0.25) is 4.90 Å². The Hall–Kier alpha value is -0.733. The molecule has 5 heteroatoms. The summed E-state index contributed by atoms with van der Waals surface area (Å²) < 4.78 is 14.4. The summed E-state index contributed by atoms with van der Waals surface area (Å²) in [6.45, 7) is 13.1. The number of hydrogen-bond acceptors (Lipinski definition) is 3. The van der Waals surface area contributed by atoms with E-state index >= 15 is 0 Å². The molecule has 0 N–H and O–H groups in total. The number of benzene rings is 2. The van der Waals surface area contributed by atoms with E-state index in [2.05, 4.69) is 116 Å². The summed E-state index contributed by atoms with van der Waals surface area (Å²) in [5.74, 6) is 0. The molecule has 3 nitrogen and oxygen atoms in total. The molecule has 2 aliphatic rings. The Morgan fingerprint density at radius 1 is 0.968 bits per heavy atom. The van der Waals surface area contributed by atoms with E-state index in [1.54, 1.807) is 0 Å². The van der Waals surface area contributed by atoms with Gasteiger partial charge in [-0.15, -0.1) is 0 Å². The van der Waals surface area contributed by atoms with Crippen molar-refractivity contribution in [3.8, 4) is 0 Å². The molecule has 2 saturated heterocycles. The van der Waals surface area contributed by atoms with Crippen LogP contribution >= 0.6 is 22.6 Å². The summed E-state index contributed by atoms with van der Waals surface area (Å²) in [6, 6.07) is 21.9. The molecule has 168 valence electrons. The van der Waals surface area contributed by atoms with E-state index in [-0.39, 0.29) is 16.7 Å². The van der Waals surface area contributed by atoms with Crippen molar-refractivity contribution in [3.63, 3.8) is 0 Å². The average Bonchev–Trinajstić information content (AvgIpc) is 3.14. The SMILES string of the molecule is CC(C)(C)[Si](OC1COC[C@]1(C)N1CCC(I)CC1)(c1ccccc1)c1ccccc1. The summed E-state index contributed by atoms with van der Waals surface area (Å²) in [5, 5.41) is 2.66. The fourth-order valence-electron chi connectivity index (χ4n) is 5.36. The van der Waals surface area contributed by atoms with Gasteiger partial charge in [-0.2, -0.15) is 0 Å². The first-order valence-electron chi connectivity index (χ1n) is 11.5. The summed E-state index contributed by atoms with van der Waals surface area (Å²) in [6.07, 6.45) is 2.56. The first kappa shape index (κ1) is 23.4. The van der Waals surface area contributed by atoms with Crippen LogP contribution in [0.3, 0.4) is 0 Å². The maximum Gasteiger partial charge on any atom is 0.261 e. The van der Waals surface area contributed by atoms with E-state index in [1.807, 2.05) is 0 Å². The van der Waals surface area contributed by atoms with E-state index in [9.17, 15) is 0 Å². The molecule has 2 atom stereocenters. The normalized spacial score (nSPS) is 26.3. The third-order valence-corrected chi connectivity index (χ3v) is 13.5. The molecule has 0 saturated carbocycles. The van der Waals surface area contributed by atoms with Crippen LogP contribution in [0.1, 0.15) is 40.5 Å². The molecule has 1 unspecified atom stereocenters. The smallest absolute Gasteiger partial charge is 0.261 e. The van der Waals surface area contributed by atoms with Gasteiger partial charge in [-0.25, -0.2) is 0 Å². The topological polar surface area (TPSA) is 21.7 Å². The number of hydrogen-bond donors (Lipinski definition) is 0. The second-order valence-corrected chi connectivity index (χ2v) is 16.3. The number of likely N-dealkylation sites (tertiary alicyclic amines) is 1. The zero-order chi connectivity index (χ0) is 22.1. The molecule has 4 rings (SSSR count). The molecule has 0 amide bonds. The van der Waals surface area contributed by atoms with Crippen molar-refractivity contribution in [2.45, 2.75) is 61.1 Å². The predicted molar refractivity (Wildman–Crippen MR) is 140 cm³/mol. The Balaban J connectivity index is 1.78. The van der Waals surface area contributed by atoms with Gasteiger partial charge in [0.05, 0.1) is 24.9 Å². The largest absolute Gasteiger partial charge is 0.400 e. The molecule has 2 aromatic carbocycles. The van der Waals surface area contributed by atoms with E-state index in [4.69, 9.17) is 9.16 Å². The first-order chi connectivity index (χ1) is 14.8. The van der Waals surface area contributed by atoms with Crippen LogP contribution in [0, 0.1) is 0 Å². The number of ether oxygens (including phenoxy) is 1. The Kier molecular flexibility index (Phi) is 6.99. The highest BCUT2D eigenvalue weighted by Gasteiger charge is 2.56. The minimum atomic E-state index is -2.59. The third kappa shape index (κ3) is 4.41. The van der Waals surface area contributed by atoms with Gasteiger partial charge >= 0.3 is 0 Å². The maximum atomic E-state index is 7.50. The summed E-state index contributed by atoms with van der Waals surface area (Å²) >= 11 is 2.61. The third-order valence-electron chi connectivity index (χ3n) is 7.24. The minimum absolute atomic E-state index is 0.0194. The van der Waals surface area contributed by atoms with Crippen LogP contribution in [-0.2, 0) is 9.16 Å². The molecule has 31 heavy (non-hydrogen) atoms. The molecule has 2 aliphatic heterocycles. The second kappa shape index (κ2) is 9.25.